The van der Waals surface area contributed by atoms with Crippen LogP contribution in [0.5, 0.6) is 0 Å². The third-order valence-corrected chi connectivity index (χ3v) is 6.05. The number of rotatable bonds is 2. The van der Waals surface area contributed by atoms with Crippen LogP contribution in [-0.2, 0) is 12.8 Å². The first-order valence-electron chi connectivity index (χ1n) is 11.2. The Morgan fingerprint density at radius 3 is 1.36 bits per heavy atom. The van der Waals surface area contributed by atoms with E-state index in [-0.39, 0.29) is 17.2 Å². The van der Waals surface area contributed by atoms with E-state index >= 15 is 0 Å². The quantitative estimate of drug-likeness (QED) is 0.404. The molecule has 0 fully saturated rings. The highest BCUT2D eigenvalue weighted by Gasteiger charge is 2.33. The number of anilines is 2. The molecule has 5 rings (SSSR count). The van der Waals surface area contributed by atoms with Gasteiger partial charge in [-0.05, 0) is 61.1 Å². The Balaban J connectivity index is 0.000000821. The van der Waals surface area contributed by atoms with Gasteiger partial charge in [0.1, 0.15) is 0 Å². The van der Waals surface area contributed by atoms with E-state index in [1.165, 1.54) is 0 Å². The smallest absolute Gasteiger partial charge is 0.258 e. The fraction of sp³-hybridized carbons (Fsp3) is 0.259. The van der Waals surface area contributed by atoms with E-state index in [1.807, 2.05) is 70.5 Å². The van der Waals surface area contributed by atoms with Crippen LogP contribution < -0.4 is 9.80 Å². The number of hydrogen-bond donors (Lipinski definition) is 0. The Morgan fingerprint density at radius 2 is 1.00 bits per heavy atom. The lowest BCUT2D eigenvalue weighted by Gasteiger charge is -2.38. The topological polar surface area (TPSA) is 40.6 Å². The van der Waals surface area contributed by atoms with E-state index in [0.29, 0.717) is 24.2 Å². The molecule has 0 atom stereocenters. The standard InChI is InChI=1S/C26H24N2O2.CH2Cl2/c29-25(21-9-3-1-4-10-21)27-17-7-13-19-15-16-20-14-8-18-28(24(20)23(19)27)26(30)22-11-5-2-6-12-22;2-1-3/h1-6,9-12,15-16H,7-8,13-14,17-18H2;1H2. The van der Waals surface area contributed by atoms with Crippen molar-refractivity contribution in [2.24, 2.45) is 0 Å². The van der Waals surface area contributed by atoms with Gasteiger partial charge in [0, 0.05) is 24.2 Å². The van der Waals surface area contributed by atoms with Crippen molar-refractivity contribution < 1.29 is 9.59 Å². The van der Waals surface area contributed by atoms with Crippen LogP contribution in [0, 0.1) is 0 Å². The number of aryl methyl sites for hydroxylation is 2. The molecule has 2 aliphatic rings. The monoisotopic (exact) mass is 480 g/mol. The van der Waals surface area contributed by atoms with Crippen molar-refractivity contribution in [1.82, 2.24) is 0 Å². The summed E-state index contributed by atoms with van der Waals surface area (Å²) in [5.41, 5.74) is 5.52. The normalized spacial score (nSPS) is 14.5. The molecule has 6 heteroatoms. The number of nitrogens with zero attached hydrogens (tertiary/aromatic N) is 2. The molecule has 0 saturated heterocycles. The maximum Gasteiger partial charge on any atom is 0.258 e. The van der Waals surface area contributed by atoms with E-state index in [1.54, 1.807) is 0 Å². The summed E-state index contributed by atoms with van der Waals surface area (Å²) in [7, 11) is 0. The van der Waals surface area contributed by atoms with Crippen molar-refractivity contribution in [3.05, 3.63) is 95.1 Å². The summed E-state index contributed by atoms with van der Waals surface area (Å²) >= 11 is 9.53. The van der Waals surface area contributed by atoms with Gasteiger partial charge in [-0.15, -0.1) is 23.2 Å². The highest BCUT2D eigenvalue weighted by atomic mass is 35.5. The zero-order valence-corrected chi connectivity index (χ0v) is 19.9. The summed E-state index contributed by atoms with van der Waals surface area (Å²) in [6.45, 7) is 1.34. The number of carbonyl (C=O) groups excluding carboxylic acids is 2. The zero-order chi connectivity index (χ0) is 23.2. The molecular formula is C27H26Cl2N2O2. The molecular weight excluding hydrogens is 455 g/mol. The van der Waals surface area contributed by atoms with Gasteiger partial charge in [0.2, 0.25) is 0 Å². The third-order valence-electron chi connectivity index (χ3n) is 6.05. The Hall–Kier alpha value is -2.82. The number of fused-ring (bicyclic) bond motifs is 3. The molecule has 170 valence electrons. The maximum absolute atomic E-state index is 13.4. The molecule has 2 aliphatic heterocycles. The summed E-state index contributed by atoms with van der Waals surface area (Å²) in [5, 5.41) is 0.194. The van der Waals surface area contributed by atoms with Crippen LogP contribution in [0.4, 0.5) is 11.4 Å². The lowest BCUT2D eigenvalue weighted by molar-refractivity contribution is 0.0972. The minimum absolute atomic E-state index is 0.00244. The Bertz CT molecular complexity index is 1030. The van der Waals surface area contributed by atoms with Crippen LogP contribution in [0.1, 0.15) is 44.7 Å². The van der Waals surface area contributed by atoms with Gasteiger partial charge in [0.05, 0.1) is 16.7 Å². The lowest BCUT2D eigenvalue weighted by Crippen LogP contribution is -2.41. The highest BCUT2D eigenvalue weighted by Crippen LogP contribution is 2.43. The molecule has 0 N–H and O–H groups in total. The third kappa shape index (κ3) is 4.92. The van der Waals surface area contributed by atoms with Gasteiger partial charge in [0.15, 0.2) is 0 Å². The predicted molar refractivity (Wildman–Crippen MR) is 136 cm³/mol. The molecule has 0 spiro atoms. The van der Waals surface area contributed by atoms with Crippen molar-refractivity contribution in [3.63, 3.8) is 0 Å². The molecule has 4 nitrogen and oxygen atoms in total. The van der Waals surface area contributed by atoms with Crippen molar-refractivity contribution in [2.75, 3.05) is 28.2 Å². The van der Waals surface area contributed by atoms with Gasteiger partial charge in [-0.3, -0.25) is 9.59 Å². The molecule has 0 aromatic heterocycles. The number of halogens is 2. The lowest BCUT2D eigenvalue weighted by atomic mass is 9.91. The van der Waals surface area contributed by atoms with Crippen LogP contribution >= 0.6 is 23.2 Å². The first-order chi connectivity index (χ1) is 16.2. The average Bonchev–Trinajstić information content (AvgIpc) is 2.88. The number of alkyl halides is 2. The van der Waals surface area contributed by atoms with Crippen molar-refractivity contribution in [3.8, 4) is 0 Å². The second-order valence-electron chi connectivity index (χ2n) is 8.03. The van der Waals surface area contributed by atoms with Crippen molar-refractivity contribution >= 4 is 46.4 Å². The summed E-state index contributed by atoms with van der Waals surface area (Å²) in [5.74, 6) is 0.00488. The fourth-order valence-electron chi connectivity index (χ4n) is 4.63. The second-order valence-corrected chi connectivity index (χ2v) is 8.84. The van der Waals surface area contributed by atoms with E-state index in [0.717, 1.165) is 48.2 Å². The van der Waals surface area contributed by atoms with Gasteiger partial charge >= 0.3 is 0 Å². The first-order valence-corrected chi connectivity index (χ1v) is 12.2. The van der Waals surface area contributed by atoms with Gasteiger partial charge in [0.25, 0.3) is 11.8 Å². The summed E-state index contributed by atoms with van der Waals surface area (Å²) in [4.78, 5) is 30.6. The molecule has 0 bridgehead atoms. The number of amides is 2. The molecule has 0 saturated carbocycles. The summed E-state index contributed by atoms with van der Waals surface area (Å²) < 4.78 is 0. The maximum atomic E-state index is 13.4. The van der Waals surface area contributed by atoms with Crippen molar-refractivity contribution in [1.29, 1.82) is 0 Å². The average molecular weight is 481 g/mol. The van der Waals surface area contributed by atoms with E-state index in [4.69, 9.17) is 23.2 Å². The van der Waals surface area contributed by atoms with Crippen LogP contribution in [0.15, 0.2) is 72.8 Å². The second kappa shape index (κ2) is 10.9. The summed E-state index contributed by atoms with van der Waals surface area (Å²) in [6, 6.07) is 23.1. The molecule has 3 aromatic carbocycles. The number of carbonyl (C=O) groups is 2. The largest absolute Gasteiger partial charge is 0.306 e. The minimum Gasteiger partial charge on any atom is -0.306 e. The fourth-order valence-corrected chi connectivity index (χ4v) is 4.63. The Morgan fingerprint density at radius 1 is 0.636 bits per heavy atom. The molecule has 2 amide bonds. The molecule has 0 unspecified atom stereocenters. The van der Waals surface area contributed by atoms with Crippen LogP contribution in [0.3, 0.4) is 0 Å². The van der Waals surface area contributed by atoms with Crippen LogP contribution in [0.2, 0.25) is 0 Å². The molecule has 33 heavy (non-hydrogen) atoms. The molecule has 0 aliphatic carbocycles. The molecule has 3 aromatic rings. The molecule has 0 radical (unpaired) electrons. The predicted octanol–water partition coefficient (Wildman–Crippen LogP) is 6.29. The van der Waals surface area contributed by atoms with Gasteiger partial charge in [-0.1, -0.05) is 48.5 Å². The SMILES string of the molecule is ClCCl.O=C(c1ccccc1)N1CCCc2ccc3c(c21)N(C(=O)c1ccccc1)CCC3. The first kappa shape index (κ1) is 23.3. The van der Waals surface area contributed by atoms with Gasteiger partial charge in [-0.2, -0.15) is 0 Å². The van der Waals surface area contributed by atoms with E-state index < -0.39 is 0 Å². The van der Waals surface area contributed by atoms with Crippen molar-refractivity contribution in [2.45, 2.75) is 25.7 Å². The summed E-state index contributed by atoms with van der Waals surface area (Å²) in [6.07, 6.45) is 3.71. The van der Waals surface area contributed by atoms with E-state index in [2.05, 4.69) is 12.1 Å². The van der Waals surface area contributed by atoms with Gasteiger partial charge < -0.3 is 9.80 Å². The number of hydrogen-bond acceptors (Lipinski definition) is 2. The Labute approximate surface area is 204 Å². The highest BCUT2D eigenvalue weighted by molar-refractivity contribution is 6.40. The Kier molecular flexibility index (Phi) is 7.69. The van der Waals surface area contributed by atoms with Gasteiger partial charge in [-0.25, -0.2) is 0 Å². The van der Waals surface area contributed by atoms with Crippen LogP contribution in [-0.4, -0.2) is 30.2 Å². The zero-order valence-electron chi connectivity index (χ0n) is 18.3. The number of benzene rings is 3. The minimum atomic E-state index is 0.00244. The van der Waals surface area contributed by atoms with Crippen LogP contribution in [0.25, 0.3) is 0 Å². The van der Waals surface area contributed by atoms with E-state index in [9.17, 15) is 9.59 Å². The molecule has 2 heterocycles.